The maximum Gasteiger partial charge on any atom is 0.133 e. The molecule has 2 rings (SSSR count). The molecule has 2 aromatic rings. The van der Waals surface area contributed by atoms with Crippen molar-refractivity contribution in [3.05, 3.63) is 36.4 Å². The van der Waals surface area contributed by atoms with E-state index in [4.69, 9.17) is 5.11 Å². The van der Waals surface area contributed by atoms with E-state index in [2.05, 4.69) is 29.2 Å². The standard InChI is InChI=1S/C12H16N4O/c1-9(2)16-8-11(6-15-16)13-5-10-3-4-12(17)7-14-10/h3-4,6-9,13,17H,5H2,1-2H3. The summed E-state index contributed by atoms with van der Waals surface area (Å²) in [5, 5.41) is 16.6. The SMILES string of the molecule is CC(C)n1cc(NCc2ccc(O)cn2)cn1. The van der Waals surface area contributed by atoms with E-state index in [0.29, 0.717) is 12.6 Å². The number of nitrogens with zero attached hydrogens (tertiary/aromatic N) is 3. The first kappa shape index (κ1) is 11.4. The quantitative estimate of drug-likeness (QED) is 0.848. The minimum absolute atomic E-state index is 0.182. The van der Waals surface area contributed by atoms with Crippen molar-refractivity contribution >= 4 is 5.69 Å². The average Bonchev–Trinajstić information content (AvgIpc) is 2.77. The molecule has 0 atom stereocenters. The molecule has 0 aliphatic heterocycles. The van der Waals surface area contributed by atoms with E-state index in [-0.39, 0.29) is 5.75 Å². The van der Waals surface area contributed by atoms with E-state index in [1.165, 1.54) is 6.20 Å². The average molecular weight is 232 g/mol. The summed E-state index contributed by atoms with van der Waals surface area (Å²) in [4.78, 5) is 4.10. The maximum atomic E-state index is 9.11. The van der Waals surface area contributed by atoms with Crippen LogP contribution in [0.2, 0.25) is 0 Å². The Balaban J connectivity index is 1.95. The van der Waals surface area contributed by atoms with Crippen LogP contribution in [0, 0.1) is 0 Å². The van der Waals surface area contributed by atoms with Gasteiger partial charge in [-0.3, -0.25) is 9.67 Å². The lowest BCUT2D eigenvalue weighted by Crippen LogP contribution is -2.01. The third kappa shape index (κ3) is 2.96. The first-order valence-corrected chi connectivity index (χ1v) is 5.57. The molecule has 90 valence electrons. The van der Waals surface area contributed by atoms with Crippen LogP contribution < -0.4 is 5.32 Å². The molecule has 0 radical (unpaired) electrons. The monoisotopic (exact) mass is 232 g/mol. The van der Waals surface area contributed by atoms with Crippen LogP contribution in [0.4, 0.5) is 5.69 Å². The molecule has 5 nitrogen and oxygen atoms in total. The Morgan fingerprint density at radius 1 is 1.35 bits per heavy atom. The second-order valence-electron chi connectivity index (χ2n) is 4.16. The molecule has 2 heterocycles. The van der Waals surface area contributed by atoms with Crippen molar-refractivity contribution in [1.29, 1.82) is 0 Å². The fourth-order valence-corrected chi connectivity index (χ4v) is 1.43. The molecule has 2 aromatic heterocycles. The first-order chi connectivity index (χ1) is 8.15. The summed E-state index contributed by atoms with van der Waals surface area (Å²) in [6, 6.07) is 3.77. The molecular weight excluding hydrogens is 216 g/mol. The van der Waals surface area contributed by atoms with Gasteiger partial charge in [0.15, 0.2) is 0 Å². The number of nitrogens with one attached hydrogen (secondary N) is 1. The summed E-state index contributed by atoms with van der Waals surface area (Å²) in [5.74, 6) is 0.182. The van der Waals surface area contributed by atoms with Crippen LogP contribution in [-0.4, -0.2) is 19.9 Å². The smallest absolute Gasteiger partial charge is 0.133 e. The van der Waals surface area contributed by atoms with Gasteiger partial charge in [-0.1, -0.05) is 0 Å². The third-order valence-electron chi connectivity index (χ3n) is 2.41. The molecule has 0 fully saturated rings. The Kier molecular flexibility index (Phi) is 3.27. The number of anilines is 1. The fourth-order valence-electron chi connectivity index (χ4n) is 1.43. The zero-order chi connectivity index (χ0) is 12.3. The number of aromatic hydroxyl groups is 1. The van der Waals surface area contributed by atoms with Crippen molar-refractivity contribution < 1.29 is 5.11 Å². The van der Waals surface area contributed by atoms with E-state index >= 15 is 0 Å². The van der Waals surface area contributed by atoms with Crippen LogP contribution in [0.25, 0.3) is 0 Å². The lowest BCUT2D eigenvalue weighted by atomic mass is 10.3. The van der Waals surface area contributed by atoms with Crippen LogP contribution in [0.3, 0.4) is 0 Å². The van der Waals surface area contributed by atoms with Crippen LogP contribution >= 0.6 is 0 Å². The van der Waals surface area contributed by atoms with Crippen molar-refractivity contribution in [3.63, 3.8) is 0 Å². The number of hydrogen-bond acceptors (Lipinski definition) is 4. The molecule has 0 saturated heterocycles. The zero-order valence-electron chi connectivity index (χ0n) is 9.96. The van der Waals surface area contributed by atoms with Gasteiger partial charge in [-0.2, -0.15) is 5.10 Å². The lowest BCUT2D eigenvalue weighted by molar-refractivity contribution is 0.472. The number of hydrogen-bond donors (Lipinski definition) is 2. The molecule has 0 aliphatic rings. The second kappa shape index (κ2) is 4.86. The predicted octanol–water partition coefficient (Wildman–Crippen LogP) is 2.18. The van der Waals surface area contributed by atoms with Crippen LogP contribution in [0.5, 0.6) is 5.75 Å². The molecule has 17 heavy (non-hydrogen) atoms. The highest BCUT2D eigenvalue weighted by Crippen LogP contribution is 2.12. The molecule has 0 spiro atoms. The Morgan fingerprint density at radius 2 is 2.18 bits per heavy atom. The second-order valence-corrected chi connectivity index (χ2v) is 4.16. The van der Waals surface area contributed by atoms with Crippen molar-refractivity contribution in [2.75, 3.05) is 5.32 Å². The minimum Gasteiger partial charge on any atom is -0.506 e. The van der Waals surface area contributed by atoms with E-state index in [9.17, 15) is 0 Å². The maximum absolute atomic E-state index is 9.11. The zero-order valence-corrected chi connectivity index (χ0v) is 9.96. The largest absolute Gasteiger partial charge is 0.506 e. The Hall–Kier alpha value is -2.04. The number of pyridine rings is 1. The highest BCUT2D eigenvalue weighted by Gasteiger charge is 2.01. The third-order valence-corrected chi connectivity index (χ3v) is 2.41. The van der Waals surface area contributed by atoms with Crippen molar-refractivity contribution in [2.24, 2.45) is 0 Å². The topological polar surface area (TPSA) is 63.0 Å². The van der Waals surface area contributed by atoms with Gasteiger partial charge in [0.05, 0.1) is 30.3 Å². The van der Waals surface area contributed by atoms with E-state index < -0.39 is 0 Å². The summed E-state index contributed by atoms with van der Waals surface area (Å²) >= 11 is 0. The number of rotatable bonds is 4. The first-order valence-electron chi connectivity index (χ1n) is 5.57. The number of aromatic nitrogens is 3. The van der Waals surface area contributed by atoms with Gasteiger partial charge in [-0.05, 0) is 26.0 Å². The Morgan fingerprint density at radius 3 is 2.76 bits per heavy atom. The normalized spacial score (nSPS) is 10.8. The van der Waals surface area contributed by atoms with E-state index in [1.54, 1.807) is 18.3 Å². The lowest BCUT2D eigenvalue weighted by Gasteiger charge is -2.04. The summed E-state index contributed by atoms with van der Waals surface area (Å²) in [6.07, 6.45) is 5.19. The van der Waals surface area contributed by atoms with Crippen molar-refractivity contribution in [1.82, 2.24) is 14.8 Å². The van der Waals surface area contributed by atoms with Crippen molar-refractivity contribution in [2.45, 2.75) is 26.4 Å². The van der Waals surface area contributed by atoms with Gasteiger partial charge < -0.3 is 10.4 Å². The Labute approximate surface area is 100 Å². The van der Waals surface area contributed by atoms with Crippen LogP contribution in [0.1, 0.15) is 25.6 Å². The summed E-state index contributed by atoms with van der Waals surface area (Å²) in [6.45, 7) is 4.78. The molecule has 0 unspecified atom stereocenters. The molecule has 0 bridgehead atoms. The predicted molar refractivity (Wildman–Crippen MR) is 65.8 cm³/mol. The molecule has 0 aliphatic carbocycles. The van der Waals surface area contributed by atoms with E-state index in [0.717, 1.165) is 11.4 Å². The fraction of sp³-hybridized carbons (Fsp3) is 0.333. The minimum atomic E-state index is 0.182. The highest BCUT2D eigenvalue weighted by atomic mass is 16.3. The molecule has 0 amide bonds. The van der Waals surface area contributed by atoms with Gasteiger partial charge in [-0.15, -0.1) is 0 Å². The molecule has 0 aromatic carbocycles. The summed E-state index contributed by atoms with van der Waals surface area (Å²) in [5.41, 5.74) is 1.84. The van der Waals surface area contributed by atoms with Crippen LogP contribution in [0.15, 0.2) is 30.7 Å². The van der Waals surface area contributed by atoms with Crippen LogP contribution in [-0.2, 0) is 6.54 Å². The Bertz CT molecular complexity index is 476. The van der Waals surface area contributed by atoms with Gasteiger partial charge in [0, 0.05) is 12.2 Å². The van der Waals surface area contributed by atoms with Gasteiger partial charge in [0.25, 0.3) is 0 Å². The van der Waals surface area contributed by atoms with E-state index in [1.807, 2.05) is 10.9 Å². The molecular formula is C12H16N4O. The van der Waals surface area contributed by atoms with Crippen molar-refractivity contribution in [3.8, 4) is 5.75 Å². The van der Waals surface area contributed by atoms with Gasteiger partial charge >= 0.3 is 0 Å². The van der Waals surface area contributed by atoms with Gasteiger partial charge in [0.2, 0.25) is 0 Å². The molecule has 5 heteroatoms. The van der Waals surface area contributed by atoms with Gasteiger partial charge in [-0.25, -0.2) is 0 Å². The highest BCUT2D eigenvalue weighted by molar-refractivity contribution is 5.38. The molecule has 2 N–H and O–H groups in total. The summed E-state index contributed by atoms with van der Waals surface area (Å²) in [7, 11) is 0. The summed E-state index contributed by atoms with van der Waals surface area (Å²) < 4.78 is 1.90. The van der Waals surface area contributed by atoms with Gasteiger partial charge in [0.1, 0.15) is 5.75 Å². The molecule has 0 saturated carbocycles.